The second-order valence-corrected chi connectivity index (χ2v) is 9.45. The van der Waals surface area contributed by atoms with Crippen LogP contribution in [0.3, 0.4) is 0 Å². The third-order valence-electron chi connectivity index (χ3n) is 6.89. The summed E-state index contributed by atoms with van der Waals surface area (Å²) in [5.41, 5.74) is 0. The number of ether oxygens (including phenoxy) is 2. The Balaban J connectivity index is 1.48. The van der Waals surface area contributed by atoms with Gasteiger partial charge in [-0.3, -0.25) is 14.9 Å². The van der Waals surface area contributed by atoms with E-state index in [1.807, 2.05) is 0 Å². The number of nitrogens with zero attached hydrogens (tertiary/aromatic N) is 2. The van der Waals surface area contributed by atoms with Crippen molar-refractivity contribution in [2.24, 2.45) is 11.8 Å². The Morgan fingerprint density at radius 2 is 1.97 bits per heavy atom. The van der Waals surface area contributed by atoms with E-state index in [0.29, 0.717) is 32.2 Å². The average Bonchev–Trinajstić information content (AvgIpc) is 2.67. The van der Waals surface area contributed by atoms with Crippen molar-refractivity contribution < 1.29 is 23.5 Å². The molecule has 4 fully saturated rings. The quantitative estimate of drug-likeness (QED) is 0.661. The third-order valence-corrected chi connectivity index (χ3v) is 7.33. The predicted octanol–water partition coefficient (Wildman–Crippen LogP) is 1.14. The van der Waals surface area contributed by atoms with Crippen LogP contribution >= 0.6 is 11.6 Å². The van der Waals surface area contributed by atoms with Gasteiger partial charge in [-0.2, -0.15) is 0 Å². The van der Waals surface area contributed by atoms with Gasteiger partial charge in [0.1, 0.15) is 24.9 Å². The summed E-state index contributed by atoms with van der Waals surface area (Å²) in [7, 11) is 1.55. The van der Waals surface area contributed by atoms with Crippen molar-refractivity contribution in [3.05, 3.63) is 0 Å². The molecule has 0 bridgehead atoms. The first-order chi connectivity index (χ1) is 14.0. The van der Waals surface area contributed by atoms with E-state index in [-0.39, 0.29) is 42.2 Å². The van der Waals surface area contributed by atoms with Crippen molar-refractivity contribution >= 4 is 23.4 Å². The van der Waals surface area contributed by atoms with Crippen LogP contribution in [0.5, 0.6) is 0 Å². The number of halogens is 2. The summed E-state index contributed by atoms with van der Waals surface area (Å²) in [6, 6.07) is -0.562. The molecule has 4 atom stereocenters. The lowest BCUT2D eigenvalue weighted by molar-refractivity contribution is -0.174. The number of rotatable bonds is 5. The largest absolute Gasteiger partial charge is 0.380 e. The van der Waals surface area contributed by atoms with Gasteiger partial charge in [-0.15, -0.1) is 11.6 Å². The summed E-state index contributed by atoms with van der Waals surface area (Å²) >= 11 is 6.22. The zero-order chi connectivity index (χ0) is 20.5. The molecule has 1 saturated carbocycles. The lowest BCUT2D eigenvalue weighted by Crippen LogP contribution is -2.71. The van der Waals surface area contributed by atoms with Gasteiger partial charge in [0, 0.05) is 37.9 Å². The van der Waals surface area contributed by atoms with Gasteiger partial charge < -0.3 is 19.3 Å². The Kier molecular flexibility index (Phi) is 6.63. The molecule has 0 aromatic heterocycles. The van der Waals surface area contributed by atoms with Crippen LogP contribution in [0.1, 0.15) is 32.1 Å². The van der Waals surface area contributed by atoms with Crippen LogP contribution < -0.4 is 5.32 Å². The van der Waals surface area contributed by atoms with Crippen molar-refractivity contribution in [2.75, 3.05) is 40.0 Å². The highest BCUT2D eigenvalue weighted by atomic mass is 35.5. The third kappa shape index (κ3) is 4.40. The summed E-state index contributed by atoms with van der Waals surface area (Å²) < 4.78 is 25.4. The number of nitrogens with one attached hydrogen (secondary N) is 1. The van der Waals surface area contributed by atoms with E-state index in [0.717, 1.165) is 25.7 Å². The van der Waals surface area contributed by atoms with Crippen LogP contribution in [0.2, 0.25) is 0 Å². The molecule has 0 aromatic carbocycles. The maximum absolute atomic E-state index is 14.8. The number of methoxy groups -OCH3 is 1. The number of hydrogen-bond donors (Lipinski definition) is 1. The number of alkyl halides is 2. The molecule has 9 heteroatoms. The summed E-state index contributed by atoms with van der Waals surface area (Å²) in [4.78, 5) is 29.7. The van der Waals surface area contributed by atoms with Crippen LogP contribution in [0.15, 0.2) is 0 Å². The minimum atomic E-state index is -1.27. The number of amides is 2. The first-order valence-corrected chi connectivity index (χ1v) is 11.1. The van der Waals surface area contributed by atoms with E-state index in [4.69, 9.17) is 21.1 Å². The molecule has 4 rings (SSSR count). The summed E-state index contributed by atoms with van der Waals surface area (Å²) in [6.45, 7) is 1.88. The molecule has 0 spiro atoms. The fourth-order valence-corrected chi connectivity index (χ4v) is 5.28. The Morgan fingerprint density at radius 3 is 2.55 bits per heavy atom. The molecule has 1 aliphatic carbocycles. The van der Waals surface area contributed by atoms with Gasteiger partial charge in [-0.1, -0.05) is 0 Å². The van der Waals surface area contributed by atoms with Gasteiger partial charge >= 0.3 is 0 Å². The fraction of sp³-hybridized carbons (Fsp3) is 0.900. The van der Waals surface area contributed by atoms with Crippen molar-refractivity contribution in [1.29, 1.82) is 0 Å². The average molecular weight is 432 g/mol. The highest BCUT2D eigenvalue weighted by Crippen LogP contribution is 2.33. The molecule has 3 aliphatic heterocycles. The summed E-state index contributed by atoms with van der Waals surface area (Å²) in [5.74, 6) is 0.0743. The number of hydrogen-bond acceptors (Lipinski definition) is 5. The molecule has 0 aromatic rings. The van der Waals surface area contributed by atoms with Gasteiger partial charge in [0.25, 0.3) is 0 Å². The van der Waals surface area contributed by atoms with E-state index < -0.39 is 18.4 Å². The van der Waals surface area contributed by atoms with E-state index in [2.05, 4.69) is 5.32 Å². The molecule has 0 radical (unpaired) electrons. The van der Waals surface area contributed by atoms with E-state index >= 15 is 0 Å². The lowest BCUT2D eigenvalue weighted by atomic mass is 9.86. The Bertz CT molecular complexity index is 615. The van der Waals surface area contributed by atoms with Crippen LogP contribution in [0, 0.1) is 11.8 Å². The van der Waals surface area contributed by atoms with Crippen molar-refractivity contribution in [3.63, 3.8) is 0 Å². The number of piperidine rings is 1. The minimum Gasteiger partial charge on any atom is -0.380 e. The van der Waals surface area contributed by atoms with Crippen molar-refractivity contribution in [1.82, 2.24) is 15.1 Å². The van der Waals surface area contributed by atoms with E-state index in [1.165, 1.54) is 4.90 Å². The second kappa shape index (κ2) is 9.04. The second-order valence-electron chi connectivity index (χ2n) is 8.84. The van der Waals surface area contributed by atoms with E-state index in [9.17, 15) is 14.0 Å². The van der Waals surface area contributed by atoms with Crippen LogP contribution in [0.4, 0.5) is 4.39 Å². The molecule has 4 aliphatic rings. The van der Waals surface area contributed by atoms with Crippen molar-refractivity contribution in [3.8, 4) is 0 Å². The normalized spacial score (nSPS) is 39.6. The highest BCUT2D eigenvalue weighted by Gasteiger charge is 2.50. The standard InChI is InChI=1S/C20H31ClFN3O4/c1-28-15-6-16(22)19(23-7-15)25-9-17(26)24(8-12-2-4-14(21)5-3-12)18(20(25)27)13-10-29-11-13/h12-16,18-19,23H,2-11H2,1H3. The lowest BCUT2D eigenvalue weighted by Gasteiger charge is -2.50. The van der Waals surface area contributed by atoms with Gasteiger partial charge in [0.15, 0.2) is 0 Å². The molecule has 2 amide bonds. The number of piperazine rings is 1. The maximum atomic E-state index is 14.8. The van der Waals surface area contributed by atoms with Crippen molar-refractivity contribution in [2.45, 2.75) is 62.0 Å². The Hall–Kier alpha value is -0.960. The monoisotopic (exact) mass is 431 g/mol. The minimum absolute atomic E-state index is 0.0213. The zero-order valence-corrected chi connectivity index (χ0v) is 17.7. The first-order valence-electron chi connectivity index (χ1n) is 10.7. The van der Waals surface area contributed by atoms with Gasteiger partial charge in [-0.05, 0) is 31.6 Å². The molecular formula is C20H31ClFN3O4. The van der Waals surface area contributed by atoms with E-state index in [1.54, 1.807) is 12.0 Å². The fourth-order valence-electron chi connectivity index (χ4n) is 5.03. The topological polar surface area (TPSA) is 71.1 Å². The first kappa shape index (κ1) is 21.3. The summed E-state index contributed by atoms with van der Waals surface area (Å²) in [5, 5.41) is 3.29. The smallest absolute Gasteiger partial charge is 0.247 e. The van der Waals surface area contributed by atoms with Gasteiger partial charge in [0.05, 0.1) is 19.3 Å². The zero-order valence-electron chi connectivity index (χ0n) is 16.9. The van der Waals surface area contributed by atoms with Gasteiger partial charge in [0.2, 0.25) is 11.8 Å². The molecular weight excluding hydrogens is 401 g/mol. The molecule has 29 heavy (non-hydrogen) atoms. The predicted molar refractivity (Wildman–Crippen MR) is 105 cm³/mol. The SMILES string of the molecule is COC1CNC(N2CC(=O)N(CC3CCC(Cl)CC3)C(C3COC3)C2=O)C(F)C1. The molecule has 7 nitrogen and oxygen atoms in total. The molecule has 1 N–H and O–H groups in total. The van der Waals surface area contributed by atoms with Crippen LogP contribution in [-0.4, -0.2) is 91.4 Å². The van der Waals surface area contributed by atoms with Crippen LogP contribution in [0.25, 0.3) is 0 Å². The molecule has 4 unspecified atom stereocenters. The Labute approximate surface area is 176 Å². The highest BCUT2D eigenvalue weighted by molar-refractivity contribution is 6.20. The molecule has 3 heterocycles. The maximum Gasteiger partial charge on any atom is 0.247 e. The number of carbonyl (C=O) groups excluding carboxylic acids is 2. The summed E-state index contributed by atoms with van der Waals surface area (Å²) in [6.07, 6.45) is 1.78. The molecule has 3 saturated heterocycles. The van der Waals surface area contributed by atoms with Crippen LogP contribution in [-0.2, 0) is 19.1 Å². The number of carbonyl (C=O) groups is 2. The molecule has 164 valence electrons. The van der Waals surface area contributed by atoms with Gasteiger partial charge in [-0.25, -0.2) is 4.39 Å². The Morgan fingerprint density at radius 1 is 1.24 bits per heavy atom.